The van der Waals surface area contributed by atoms with Gasteiger partial charge >= 0.3 is 0 Å². The van der Waals surface area contributed by atoms with Gasteiger partial charge in [0.05, 0.1) is 17.1 Å². The van der Waals surface area contributed by atoms with Gasteiger partial charge in [0.1, 0.15) is 0 Å². The van der Waals surface area contributed by atoms with Gasteiger partial charge in [-0.1, -0.05) is 108 Å². The van der Waals surface area contributed by atoms with E-state index >= 15 is 0 Å². The third-order valence-corrected chi connectivity index (χ3v) is 9.96. The third kappa shape index (κ3) is 4.00. The van der Waals surface area contributed by atoms with Crippen molar-refractivity contribution in [2.24, 2.45) is 0 Å². The van der Waals surface area contributed by atoms with Crippen LogP contribution < -0.4 is 9.80 Å². The summed E-state index contributed by atoms with van der Waals surface area (Å²) >= 11 is 0. The van der Waals surface area contributed by atoms with Gasteiger partial charge in [-0.25, -0.2) is 0 Å². The fourth-order valence-corrected chi connectivity index (χ4v) is 7.31. The Bertz CT molecular complexity index is 1890. The summed E-state index contributed by atoms with van der Waals surface area (Å²) < 4.78 is 0. The standard InChI is InChI=1S/C41H40N2/c1-8-27(2)31-18-12-14-20-36(31)42(7)30-22-23-38-33(26-30)41(5,6)35-25-29(28-16-10-9-11-17-28)24-34-39(35)43(38)37-21-15-13-19-32(37)40(34,3)4/h9-26H,2,8H2,1,3-7H3. The van der Waals surface area contributed by atoms with Crippen LogP contribution in [0.4, 0.5) is 28.4 Å². The van der Waals surface area contributed by atoms with Crippen molar-refractivity contribution in [3.8, 4) is 11.1 Å². The largest absolute Gasteiger partial charge is 0.344 e. The van der Waals surface area contributed by atoms with E-state index in [2.05, 4.69) is 167 Å². The Morgan fingerprint density at radius 2 is 1.26 bits per heavy atom. The van der Waals surface area contributed by atoms with Crippen LogP contribution in [0.15, 0.2) is 116 Å². The van der Waals surface area contributed by atoms with E-state index in [1.54, 1.807) is 0 Å². The molecule has 2 aliphatic rings. The van der Waals surface area contributed by atoms with Crippen LogP contribution in [0.25, 0.3) is 16.7 Å². The lowest BCUT2D eigenvalue weighted by atomic mass is 9.65. The number of hydrogen-bond donors (Lipinski definition) is 0. The van der Waals surface area contributed by atoms with Gasteiger partial charge in [0.15, 0.2) is 0 Å². The third-order valence-electron chi connectivity index (χ3n) is 9.96. The Morgan fingerprint density at radius 3 is 1.98 bits per heavy atom. The first-order valence-electron chi connectivity index (χ1n) is 15.4. The fraction of sp³-hybridized carbons (Fsp3) is 0.220. The van der Waals surface area contributed by atoms with Gasteiger partial charge in [-0.3, -0.25) is 0 Å². The molecular formula is C41H40N2. The van der Waals surface area contributed by atoms with E-state index in [4.69, 9.17) is 0 Å². The Morgan fingerprint density at radius 1 is 0.651 bits per heavy atom. The molecule has 2 heterocycles. The van der Waals surface area contributed by atoms with Crippen molar-refractivity contribution < 1.29 is 0 Å². The van der Waals surface area contributed by atoms with Crippen molar-refractivity contribution in [3.63, 3.8) is 0 Å². The van der Waals surface area contributed by atoms with E-state index < -0.39 is 0 Å². The van der Waals surface area contributed by atoms with Crippen LogP contribution in [-0.2, 0) is 10.8 Å². The van der Waals surface area contributed by atoms with Crippen LogP contribution in [-0.4, -0.2) is 7.05 Å². The predicted octanol–water partition coefficient (Wildman–Crippen LogP) is 11.3. The summed E-state index contributed by atoms with van der Waals surface area (Å²) in [6.45, 7) is 16.1. The van der Waals surface area contributed by atoms with Crippen molar-refractivity contribution in [2.45, 2.75) is 51.9 Å². The molecule has 0 aliphatic carbocycles. The highest BCUT2D eigenvalue weighted by Gasteiger charge is 2.45. The summed E-state index contributed by atoms with van der Waals surface area (Å²) in [4.78, 5) is 4.86. The second-order valence-electron chi connectivity index (χ2n) is 13.1. The molecule has 0 atom stereocenters. The van der Waals surface area contributed by atoms with E-state index in [0.29, 0.717) is 0 Å². The lowest BCUT2D eigenvalue weighted by Crippen LogP contribution is -2.38. The first-order chi connectivity index (χ1) is 20.6. The minimum Gasteiger partial charge on any atom is -0.344 e. The fourth-order valence-electron chi connectivity index (χ4n) is 7.31. The average molecular weight is 561 g/mol. The van der Waals surface area contributed by atoms with Crippen molar-refractivity contribution in [1.29, 1.82) is 0 Å². The number of para-hydroxylation sites is 2. The molecular weight excluding hydrogens is 520 g/mol. The van der Waals surface area contributed by atoms with Gasteiger partial charge in [-0.2, -0.15) is 0 Å². The first-order valence-corrected chi connectivity index (χ1v) is 15.4. The lowest BCUT2D eigenvalue weighted by molar-refractivity contribution is 0.598. The molecule has 2 heteroatoms. The number of rotatable bonds is 5. The summed E-state index contributed by atoms with van der Waals surface area (Å²) in [6.07, 6.45) is 0.926. The zero-order valence-corrected chi connectivity index (χ0v) is 26.2. The van der Waals surface area contributed by atoms with E-state index in [1.165, 1.54) is 67.4 Å². The zero-order valence-electron chi connectivity index (χ0n) is 26.2. The zero-order chi connectivity index (χ0) is 30.1. The van der Waals surface area contributed by atoms with Gasteiger partial charge in [0, 0.05) is 34.8 Å². The summed E-state index contributed by atoms with van der Waals surface area (Å²) in [7, 11) is 2.18. The van der Waals surface area contributed by atoms with E-state index in [9.17, 15) is 0 Å². The second kappa shape index (κ2) is 9.74. The number of benzene rings is 5. The normalized spacial score (nSPS) is 15.3. The maximum atomic E-state index is 4.37. The minimum absolute atomic E-state index is 0.138. The van der Waals surface area contributed by atoms with Crippen molar-refractivity contribution in [1.82, 2.24) is 0 Å². The molecule has 0 aromatic heterocycles. The molecule has 0 bridgehead atoms. The molecule has 0 unspecified atom stereocenters. The highest BCUT2D eigenvalue weighted by Crippen LogP contribution is 2.61. The van der Waals surface area contributed by atoms with Crippen molar-refractivity contribution in [2.75, 3.05) is 16.8 Å². The Balaban J connectivity index is 1.48. The quantitative estimate of drug-likeness (QED) is 0.211. The monoisotopic (exact) mass is 560 g/mol. The van der Waals surface area contributed by atoms with Gasteiger partial charge in [-0.15, -0.1) is 0 Å². The topological polar surface area (TPSA) is 6.48 Å². The van der Waals surface area contributed by atoms with E-state index in [1.807, 2.05) is 0 Å². The SMILES string of the molecule is C=C(CC)c1ccccc1N(C)c1ccc2c(c1)C(C)(C)c1cc(-c3ccccc3)cc3c1N2c1ccccc1C3(C)C. The molecule has 0 saturated heterocycles. The summed E-state index contributed by atoms with van der Waals surface area (Å²) in [5, 5.41) is 0. The van der Waals surface area contributed by atoms with Crippen LogP contribution >= 0.6 is 0 Å². The van der Waals surface area contributed by atoms with Gasteiger partial charge < -0.3 is 9.80 Å². The van der Waals surface area contributed by atoms with E-state index in [-0.39, 0.29) is 10.8 Å². The van der Waals surface area contributed by atoms with Crippen LogP contribution in [0.3, 0.4) is 0 Å². The number of allylic oxidation sites excluding steroid dienone is 1. The molecule has 214 valence electrons. The Kier molecular flexibility index (Phi) is 6.18. The number of fused-ring (bicyclic) bond motifs is 4. The summed E-state index contributed by atoms with van der Waals surface area (Å²) in [6, 6.07) is 40.4. The molecule has 5 aromatic carbocycles. The molecule has 2 nitrogen and oxygen atoms in total. The molecule has 0 radical (unpaired) electrons. The second-order valence-corrected chi connectivity index (χ2v) is 13.1. The van der Waals surface area contributed by atoms with Gasteiger partial charge in [0.25, 0.3) is 0 Å². The Hall–Kier alpha value is -4.56. The molecule has 43 heavy (non-hydrogen) atoms. The van der Waals surface area contributed by atoms with Crippen LogP contribution in [0.5, 0.6) is 0 Å². The van der Waals surface area contributed by atoms with Crippen LogP contribution in [0.1, 0.15) is 68.9 Å². The first kappa shape index (κ1) is 27.3. The van der Waals surface area contributed by atoms with Crippen LogP contribution in [0, 0.1) is 0 Å². The molecule has 0 amide bonds. The molecule has 0 spiro atoms. The molecule has 5 aromatic rings. The van der Waals surface area contributed by atoms with Crippen molar-refractivity contribution in [3.05, 3.63) is 144 Å². The Labute approximate surface area is 256 Å². The molecule has 2 aliphatic heterocycles. The molecule has 7 rings (SSSR count). The number of anilines is 5. The van der Waals surface area contributed by atoms with Gasteiger partial charge in [0.2, 0.25) is 0 Å². The highest BCUT2D eigenvalue weighted by molar-refractivity contribution is 5.95. The van der Waals surface area contributed by atoms with Crippen molar-refractivity contribution >= 4 is 34.0 Å². The average Bonchev–Trinajstić information content (AvgIpc) is 3.04. The van der Waals surface area contributed by atoms with Crippen LogP contribution in [0.2, 0.25) is 0 Å². The minimum atomic E-state index is -0.216. The predicted molar refractivity (Wildman–Crippen MR) is 185 cm³/mol. The number of hydrogen-bond acceptors (Lipinski definition) is 2. The van der Waals surface area contributed by atoms with E-state index in [0.717, 1.165) is 12.0 Å². The molecule has 0 fully saturated rings. The highest BCUT2D eigenvalue weighted by atomic mass is 15.2. The lowest BCUT2D eigenvalue weighted by Gasteiger charge is -2.50. The maximum Gasteiger partial charge on any atom is 0.0544 e. The number of nitrogens with zero attached hydrogens (tertiary/aromatic N) is 2. The maximum absolute atomic E-state index is 4.37. The summed E-state index contributed by atoms with van der Waals surface area (Å²) in [5.41, 5.74) is 16.2. The summed E-state index contributed by atoms with van der Waals surface area (Å²) in [5.74, 6) is 0. The molecule has 0 N–H and O–H groups in total. The molecule has 0 saturated carbocycles. The van der Waals surface area contributed by atoms with Gasteiger partial charge in [-0.05, 0) is 87.8 Å². The smallest absolute Gasteiger partial charge is 0.0544 e.